The number of piperidine rings is 1. The Bertz CT molecular complexity index is 561. The summed E-state index contributed by atoms with van der Waals surface area (Å²) in [6.07, 6.45) is 3.63. The lowest BCUT2D eigenvalue weighted by Gasteiger charge is -2.37. The Balaban J connectivity index is 2.01. The first-order valence-corrected chi connectivity index (χ1v) is 8.53. The van der Waals surface area contributed by atoms with Gasteiger partial charge in [0.1, 0.15) is 0 Å². The van der Waals surface area contributed by atoms with Crippen LogP contribution in [0.15, 0.2) is 12.1 Å². The average Bonchev–Trinajstić information content (AvgIpc) is 2.61. The first-order chi connectivity index (χ1) is 11.6. The third-order valence-corrected chi connectivity index (χ3v) is 4.41. The molecule has 1 aliphatic heterocycles. The largest absolute Gasteiger partial charge is 0.480 e. The molecule has 0 spiro atoms. The molecular weight excluding hydrogens is 308 g/mol. The minimum Gasteiger partial charge on any atom is -0.480 e. The van der Waals surface area contributed by atoms with Gasteiger partial charge < -0.3 is 15.0 Å². The average molecular weight is 334 g/mol. The number of aromatic nitrogens is 2. The molecule has 0 bridgehead atoms. The quantitative estimate of drug-likeness (QED) is 0.800. The van der Waals surface area contributed by atoms with Gasteiger partial charge in [-0.15, -0.1) is 10.2 Å². The summed E-state index contributed by atoms with van der Waals surface area (Å²) in [5.74, 6) is 0.0531. The molecule has 2 atom stereocenters. The molecule has 2 rings (SSSR count). The van der Waals surface area contributed by atoms with Crippen molar-refractivity contribution in [3.8, 4) is 5.88 Å². The first-order valence-electron chi connectivity index (χ1n) is 8.53. The second-order valence-corrected chi connectivity index (χ2v) is 6.19. The van der Waals surface area contributed by atoms with Crippen LogP contribution in [0.3, 0.4) is 0 Å². The second kappa shape index (κ2) is 8.61. The van der Waals surface area contributed by atoms with Crippen LogP contribution in [0, 0.1) is 5.92 Å². The van der Waals surface area contributed by atoms with Gasteiger partial charge in [0.15, 0.2) is 5.69 Å². The molecule has 132 valence electrons. The van der Waals surface area contributed by atoms with Gasteiger partial charge in [-0.25, -0.2) is 0 Å². The highest BCUT2D eigenvalue weighted by atomic mass is 16.5. The maximum atomic E-state index is 12.7. The summed E-state index contributed by atoms with van der Waals surface area (Å²) in [5.41, 5.74) is 0.273. The minimum absolute atomic E-state index is 0.0361. The Hall–Kier alpha value is -2.18. The third kappa shape index (κ3) is 4.43. The van der Waals surface area contributed by atoms with Crippen LogP contribution in [0.2, 0.25) is 0 Å². The summed E-state index contributed by atoms with van der Waals surface area (Å²) < 4.78 is 4.96. The van der Waals surface area contributed by atoms with E-state index in [-0.39, 0.29) is 29.5 Å². The van der Waals surface area contributed by atoms with Crippen LogP contribution >= 0.6 is 0 Å². The molecule has 1 N–H and O–H groups in total. The molecule has 2 heterocycles. The van der Waals surface area contributed by atoms with Gasteiger partial charge in [-0.05, 0) is 32.3 Å². The van der Waals surface area contributed by atoms with Crippen molar-refractivity contribution >= 4 is 11.8 Å². The van der Waals surface area contributed by atoms with E-state index < -0.39 is 0 Å². The Labute approximate surface area is 142 Å². The standard InChI is InChI=1S/C17H26N4O3/c1-4-5-10-18-16(22)13-7-6-12(2)21(11-13)17(23)14-8-9-15(24-3)20-19-14/h8-9,12-13H,4-7,10-11H2,1-3H3,(H,18,22). The number of carbonyl (C=O) groups is 2. The Morgan fingerprint density at radius 1 is 1.33 bits per heavy atom. The fraction of sp³-hybridized carbons (Fsp3) is 0.647. The summed E-state index contributed by atoms with van der Waals surface area (Å²) >= 11 is 0. The van der Waals surface area contributed by atoms with Gasteiger partial charge in [0.05, 0.1) is 13.0 Å². The van der Waals surface area contributed by atoms with Crippen LogP contribution in [0.5, 0.6) is 5.88 Å². The van der Waals surface area contributed by atoms with Gasteiger partial charge in [-0.1, -0.05) is 13.3 Å². The third-order valence-electron chi connectivity index (χ3n) is 4.41. The fourth-order valence-corrected chi connectivity index (χ4v) is 2.83. The van der Waals surface area contributed by atoms with E-state index in [0.717, 1.165) is 25.7 Å². The first kappa shape index (κ1) is 18.2. The van der Waals surface area contributed by atoms with Crippen LogP contribution < -0.4 is 10.1 Å². The van der Waals surface area contributed by atoms with Crippen molar-refractivity contribution in [1.29, 1.82) is 0 Å². The SMILES string of the molecule is CCCCNC(=O)C1CCC(C)N(C(=O)c2ccc(OC)nn2)C1. The van der Waals surface area contributed by atoms with E-state index in [1.165, 1.54) is 7.11 Å². The van der Waals surface area contributed by atoms with Crippen LogP contribution in [-0.4, -0.2) is 53.2 Å². The number of hydrogen-bond acceptors (Lipinski definition) is 5. The van der Waals surface area contributed by atoms with E-state index in [1.807, 2.05) is 6.92 Å². The summed E-state index contributed by atoms with van der Waals surface area (Å²) in [7, 11) is 1.50. The lowest BCUT2D eigenvalue weighted by atomic mass is 9.92. The van der Waals surface area contributed by atoms with Crippen molar-refractivity contribution in [3.05, 3.63) is 17.8 Å². The zero-order valence-corrected chi connectivity index (χ0v) is 14.6. The van der Waals surface area contributed by atoms with Crippen molar-refractivity contribution in [2.75, 3.05) is 20.2 Å². The molecule has 0 aliphatic carbocycles. The number of rotatable bonds is 6. The molecular formula is C17H26N4O3. The number of nitrogens with one attached hydrogen (secondary N) is 1. The molecule has 1 saturated heterocycles. The molecule has 2 amide bonds. The molecule has 0 saturated carbocycles. The van der Waals surface area contributed by atoms with E-state index in [2.05, 4.69) is 22.4 Å². The predicted molar refractivity (Wildman–Crippen MR) is 89.7 cm³/mol. The van der Waals surface area contributed by atoms with Crippen LogP contribution in [0.1, 0.15) is 50.0 Å². The number of carbonyl (C=O) groups excluding carboxylic acids is 2. The number of methoxy groups -OCH3 is 1. The van der Waals surface area contributed by atoms with Gasteiger partial charge in [-0.3, -0.25) is 9.59 Å². The van der Waals surface area contributed by atoms with Crippen molar-refractivity contribution in [3.63, 3.8) is 0 Å². The topological polar surface area (TPSA) is 84.4 Å². The fourth-order valence-electron chi connectivity index (χ4n) is 2.83. The number of unbranched alkanes of at least 4 members (excludes halogenated alkanes) is 1. The summed E-state index contributed by atoms with van der Waals surface area (Å²) in [6.45, 7) is 5.20. The van der Waals surface area contributed by atoms with Crippen molar-refractivity contribution < 1.29 is 14.3 Å². The zero-order valence-electron chi connectivity index (χ0n) is 14.6. The lowest BCUT2D eigenvalue weighted by Crippen LogP contribution is -2.49. The number of nitrogens with zero attached hydrogens (tertiary/aromatic N) is 3. The van der Waals surface area contributed by atoms with Crippen molar-refractivity contribution in [2.45, 2.75) is 45.6 Å². The molecule has 1 aromatic heterocycles. The van der Waals surface area contributed by atoms with Gasteiger partial charge in [0, 0.05) is 25.2 Å². The van der Waals surface area contributed by atoms with Gasteiger partial charge >= 0.3 is 0 Å². The number of likely N-dealkylation sites (tertiary alicyclic amines) is 1. The molecule has 1 fully saturated rings. The Morgan fingerprint density at radius 3 is 2.75 bits per heavy atom. The number of ether oxygens (including phenoxy) is 1. The van der Waals surface area contributed by atoms with E-state index in [1.54, 1.807) is 17.0 Å². The summed E-state index contributed by atoms with van der Waals surface area (Å²) in [6, 6.07) is 3.30. The molecule has 1 aromatic rings. The van der Waals surface area contributed by atoms with Crippen LogP contribution in [-0.2, 0) is 4.79 Å². The summed E-state index contributed by atoms with van der Waals surface area (Å²) in [5, 5.41) is 10.7. The lowest BCUT2D eigenvalue weighted by molar-refractivity contribution is -0.126. The molecule has 1 aliphatic rings. The van der Waals surface area contributed by atoms with E-state index in [9.17, 15) is 9.59 Å². The van der Waals surface area contributed by atoms with Gasteiger partial charge in [-0.2, -0.15) is 0 Å². The predicted octanol–water partition coefficient (Wildman–Crippen LogP) is 1.64. The number of hydrogen-bond donors (Lipinski definition) is 1. The highest BCUT2D eigenvalue weighted by molar-refractivity contribution is 5.93. The van der Waals surface area contributed by atoms with Gasteiger partial charge in [0.25, 0.3) is 5.91 Å². The second-order valence-electron chi connectivity index (χ2n) is 6.19. The molecule has 24 heavy (non-hydrogen) atoms. The van der Waals surface area contributed by atoms with Crippen LogP contribution in [0.4, 0.5) is 0 Å². The molecule has 2 unspecified atom stereocenters. The van der Waals surface area contributed by atoms with Gasteiger partial charge in [0.2, 0.25) is 11.8 Å². The highest BCUT2D eigenvalue weighted by Gasteiger charge is 2.33. The highest BCUT2D eigenvalue weighted by Crippen LogP contribution is 2.23. The Morgan fingerprint density at radius 2 is 2.12 bits per heavy atom. The van der Waals surface area contributed by atoms with E-state index in [4.69, 9.17) is 4.74 Å². The minimum atomic E-state index is -0.191. The monoisotopic (exact) mass is 334 g/mol. The Kier molecular flexibility index (Phi) is 6.52. The van der Waals surface area contributed by atoms with Crippen molar-refractivity contribution in [2.24, 2.45) is 5.92 Å². The molecule has 7 heteroatoms. The van der Waals surface area contributed by atoms with Crippen molar-refractivity contribution in [1.82, 2.24) is 20.4 Å². The normalized spacial score (nSPS) is 20.5. The molecule has 7 nitrogen and oxygen atoms in total. The smallest absolute Gasteiger partial charge is 0.274 e. The van der Waals surface area contributed by atoms with E-state index >= 15 is 0 Å². The number of amides is 2. The van der Waals surface area contributed by atoms with E-state index in [0.29, 0.717) is 19.0 Å². The maximum absolute atomic E-state index is 12.7. The maximum Gasteiger partial charge on any atom is 0.274 e. The summed E-state index contributed by atoms with van der Waals surface area (Å²) in [4.78, 5) is 26.7. The molecule has 0 radical (unpaired) electrons. The zero-order chi connectivity index (χ0) is 17.5. The van der Waals surface area contributed by atoms with Crippen LogP contribution in [0.25, 0.3) is 0 Å². The molecule has 0 aromatic carbocycles.